The number of hydrogen-bond acceptors (Lipinski definition) is 3. The fraction of sp³-hybridized carbons (Fsp3) is 0.0930. The van der Waals surface area contributed by atoms with Gasteiger partial charge in [0.15, 0.2) is 0 Å². The molecule has 0 atom stereocenters. The van der Waals surface area contributed by atoms with Crippen molar-refractivity contribution in [2.75, 3.05) is 0 Å². The second kappa shape index (κ2) is 14.6. The van der Waals surface area contributed by atoms with E-state index in [4.69, 9.17) is 4.98 Å². The van der Waals surface area contributed by atoms with Gasteiger partial charge in [0.25, 0.3) is 0 Å². The Balaban J connectivity index is 0.000000167. The molecule has 0 unspecified atom stereocenters. The van der Waals surface area contributed by atoms with Crippen LogP contribution >= 0.6 is 0 Å². The number of fused-ring (bicyclic) bond motifs is 4. The van der Waals surface area contributed by atoms with Gasteiger partial charge < -0.3 is 4.98 Å². The van der Waals surface area contributed by atoms with E-state index in [0.29, 0.717) is 11.7 Å². The molecule has 1 radical (unpaired) electrons. The quantitative estimate of drug-likeness (QED) is 0.129. The van der Waals surface area contributed by atoms with Gasteiger partial charge in [-0.15, -0.1) is 65.0 Å². The Bertz CT molecular complexity index is 2250. The largest absolute Gasteiger partial charge is 0.305 e. The van der Waals surface area contributed by atoms with Crippen LogP contribution in [0.2, 0.25) is 0 Å². The number of rotatable bonds is 5. The van der Waals surface area contributed by atoms with Gasteiger partial charge >= 0.3 is 0 Å². The van der Waals surface area contributed by atoms with E-state index in [-0.39, 0.29) is 20.1 Å². The van der Waals surface area contributed by atoms with Crippen LogP contribution in [0.3, 0.4) is 0 Å². The molecule has 8 rings (SSSR count). The number of aromatic nitrogens is 3. The van der Waals surface area contributed by atoms with Crippen LogP contribution in [0.4, 0.5) is 0 Å². The summed E-state index contributed by atoms with van der Waals surface area (Å²) < 4.78 is 0. The van der Waals surface area contributed by atoms with Crippen LogP contribution in [-0.2, 0) is 26.5 Å². The molecule has 231 valence electrons. The molecule has 0 aliphatic heterocycles. The van der Waals surface area contributed by atoms with Crippen molar-refractivity contribution in [2.24, 2.45) is 5.92 Å². The first-order valence-electron chi connectivity index (χ1n) is 15.7. The molecule has 2 aromatic heterocycles. The second-order valence-corrected chi connectivity index (χ2v) is 11.9. The van der Waals surface area contributed by atoms with E-state index in [1.807, 2.05) is 60.9 Å². The molecule has 0 aliphatic rings. The Morgan fingerprint density at radius 3 is 2.19 bits per heavy atom. The van der Waals surface area contributed by atoms with Crippen LogP contribution in [0, 0.1) is 18.1 Å². The zero-order chi connectivity index (χ0) is 31.3. The van der Waals surface area contributed by atoms with Crippen molar-refractivity contribution in [1.29, 1.82) is 0 Å². The van der Waals surface area contributed by atoms with Gasteiger partial charge in [0.2, 0.25) is 0 Å². The Hall–Kier alpha value is -5.02. The number of nitrogens with zero attached hydrogens (tertiary/aromatic N) is 3. The van der Waals surface area contributed by atoms with E-state index in [1.54, 1.807) is 0 Å². The van der Waals surface area contributed by atoms with Crippen LogP contribution < -0.4 is 0 Å². The van der Waals surface area contributed by atoms with Crippen molar-refractivity contribution in [3.05, 3.63) is 164 Å². The van der Waals surface area contributed by atoms with Crippen LogP contribution in [0.5, 0.6) is 0 Å². The van der Waals surface area contributed by atoms with Gasteiger partial charge in [0, 0.05) is 37.9 Å². The SMILES string of the molecule is CC(C)Cc1ccc2c[c-]c(-c3ccccn3)cc2c1.[Ir].[c-]1ccccc1-c1ncc2c(cc(-c3ccccc3)c3ccccc32)n1. The molecule has 0 spiro atoms. The van der Waals surface area contributed by atoms with Gasteiger partial charge in [0.05, 0.1) is 11.3 Å². The molecule has 6 aromatic carbocycles. The van der Waals surface area contributed by atoms with Gasteiger partial charge in [-0.3, -0.25) is 9.97 Å². The Morgan fingerprint density at radius 2 is 1.43 bits per heavy atom. The minimum absolute atomic E-state index is 0. The molecule has 3 nitrogen and oxygen atoms in total. The number of hydrogen-bond donors (Lipinski definition) is 0. The molecule has 0 amide bonds. The number of benzene rings is 6. The maximum absolute atomic E-state index is 4.84. The summed E-state index contributed by atoms with van der Waals surface area (Å²) in [5.74, 6) is 1.38. The molecule has 47 heavy (non-hydrogen) atoms. The standard InChI is InChI=1S/C24H15N2.C19H18N.Ir/c1-3-9-17(10-4-1)21-15-23-22(20-14-8-7-13-19(20)21)16-25-24(26-23)18-11-5-2-6-12-18;1-14(2)11-15-6-7-16-8-9-17(13-18(16)12-15)19-5-3-4-10-20-19;/h1-11,13-16H;3-8,10,12-14H,11H2,1-2H3;/q2*-1;. The topological polar surface area (TPSA) is 38.7 Å². The third kappa shape index (κ3) is 7.20. The minimum atomic E-state index is 0. The van der Waals surface area contributed by atoms with Crippen LogP contribution in [-0.4, -0.2) is 15.0 Å². The molecule has 0 N–H and O–H groups in total. The van der Waals surface area contributed by atoms with Gasteiger partial charge in [-0.1, -0.05) is 104 Å². The summed E-state index contributed by atoms with van der Waals surface area (Å²) in [7, 11) is 0. The summed E-state index contributed by atoms with van der Waals surface area (Å²) in [6.45, 7) is 4.50. The molecule has 0 saturated heterocycles. The summed E-state index contributed by atoms with van der Waals surface area (Å²) in [4.78, 5) is 13.8. The van der Waals surface area contributed by atoms with Gasteiger partial charge in [0.1, 0.15) is 0 Å². The summed E-state index contributed by atoms with van der Waals surface area (Å²) in [5, 5.41) is 5.96. The fourth-order valence-corrected chi connectivity index (χ4v) is 5.90. The zero-order valence-corrected chi connectivity index (χ0v) is 28.7. The molecule has 0 aliphatic carbocycles. The summed E-state index contributed by atoms with van der Waals surface area (Å²) >= 11 is 0. The predicted molar refractivity (Wildman–Crippen MR) is 191 cm³/mol. The Kier molecular flexibility index (Phi) is 9.92. The van der Waals surface area contributed by atoms with Gasteiger partial charge in [-0.2, -0.15) is 0 Å². The molecule has 8 aromatic rings. The monoisotopic (exact) mass is 784 g/mol. The fourth-order valence-electron chi connectivity index (χ4n) is 5.90. The molecule has 0 fully saturated rings. The van der Waals surface area contributed by atoms with Crippen molar-refractivity contribution < 1.29 is 20.1 Å². The average molecular weight is 784 g/mol. The molecule has 4 heteroatoms. The van der Waals surface area contributed by atoms with Crippen molar-refractivity contribution in [2.45, 2.75) is 20.3 Å². The van der Waals surface area contributed by atoms with E-state index in [0.717, 1.165) is 34.1 Å². The molecular weight excluding hydrogens is 751 g/mol. The molecule has 0 saturated carbocycles. The Labute approximate surface area is 289 Å². The zero-order valence-electron chi connectivity index (χ0n) is 26.3. The van der Waals surface area contributed by atoms with E-state index >= 15 is 0 Å². The summed E-state index contributed by atoms with van der Waals surface area (Å²) in [5.41, 5.74) is 7.66. The van der Waals surface area contributed by atoms with Gasteiger partial charge in [-0.25, -0.2) is 0 Å². The third-order valence-corrected chi connectivity index (χ3v) is 8.06. The maximum Gasteiger partial charge on any atom is 0.0755 e. The molecule has 0 bridgehead atoms. The van der Waals surface area contributed by atoms with Crippen molar-refractivity contribution >= 4 is 32.4 Å². The smallest absolute Gasteiger partial charge is 0.0755 e. The third-order valence-electron chi connectivity index (χ3n) is 8.06. The van der Waals surface area contributed by atoms with E-state index in [9.17, 15) is 0 Å². The van der Waals surface area contributed by atoms with Crippen LogP contribution in [0.1, 0.15) is 19.4 Å². The van der Waals surface area contributed by atoms with Crippen molar-refractivity contribution in [1.82, 2.24) is 15.0 Å². The van der Waals surface area contributed by atoms with Crippen LogP contribution in [0.25, 0.3) is 66.2 Å². The summed E-state index contributed by atoms with van der Waals surface area (Å²) in [6.07, 6.45) is 4.87. The average Bonchev–Trinajstić information content (AvgIpc) is 3.12. The first-order valence-corrected chi connectivity index (χ1v) is 15.7. The van der Waals surface area contributed by atoms with E-state index < -0.39 is 0 Å². The number of pyridine rings is 1. The van der Waals surface area contributed by atoms with E-state index in [2.05, 4.69) is 121 Å². The van der Waals surface area contributed by atoms with Crippen LogP contribution in [0.15, 0.2) is 146 Å². The predicted octanol–water partition coefficient (Wildman–Crippen LogP) is 10.8. The second-order valence-electron chi connectivity index (χ2n) is 11.9. The van der Waals surface area contributed by atoms with Crippen molar-refractivity contribution in [3.8, 4) is 33.8 Å². The first kappa shape index (κ1) is 31.9. The van der Waals surface area contributed by atoms with Gasteiger partial charge in [-0.05, 0) is 57.6 Å². The summed E-state index contributed by atoms with van der Waals surface area (Å²) in [6, 6.07) is 52.3. The molecule has 2 heterocycles. The first-order chi connectivity index (χ1) is 22.6. The minimum Gasteiger partial charge on any atom is -0.305 e. The van der Waals surface area contributed by atoms with E-state index in [1.165, 1.54) is 38.2 Å². The maximum atomic E-state index is 4.84. The Morgan fingerprint density at radius 1 is 0.638 bits per heavy atom. The molecular formula is C43H33IrN3-2. The normalized spacial score (nSPS) is 10.9. The van der Waals surface area contributed by atoms with Crippen molar-refractivity contribution in [3.63, 3.8) is 0 Å².